The van der Waals surface area contributed by atoms with Gasteiger partial charge in [0.05, 0.1) is 11.8 Å². The Balaban J connectivity index is 1.72. The Labute approximate surface area is 141 Å². The highest BCUT2D eigenvalue weighted by molar-refractivity contribution is 6.09. The number of hydrogen-bond acceptors (Lipinski definition) is 3. The van der Waals surface area contributed by atoms with Crippen molar-refractivity contribution in [2.24, 2.45) is 11.8 Å². The highest BCUT2D eigenvalue weighted by Crippen LogP contribution is 2.34. The van der Waals surface area contributed by atoms with Gasteiger partial charge < -0.3 is 5.32 Å². The highest BCUT2D eigenvalue weighted by atomic mass is 16.2. The number of allylic oxidation sites excluding steroid dienone is 2. The quantitative estimate of drug-likeness (QED) is 0.683. The summed E-state index contributed by atoms with van der Waals surface area (Å²) in [5.74, 6) is -1.35. The molecule has 1 aliphatic heterocycles. The molecule has 0 aromatic heterocycles. The Morgan fingerprint density at radius 2 is 1.79 bits per heavy atom. The zero-order chi connectivity index (χ0) is 17.3. The Hall–Kier alpha value is -2.43. The Morgan fingerprint density at radius 1 is 1.17 bits per heavy atom. The van der Waals surface area contributed by atoms with Crippen LogP contribution in [0.4, 0.5) is 5.69 Å². The highest BCUT2D eigenvalue weighted by Gasteiger charge is 2.47. The molecule has 24 heavy (non-hydrogen) atoms. The number of aryl methyl sites for hydroxylation is 2. The minimum Gasteiger partial charge on any atom is -0.324 e. The molecule has 5 nitrogen and oxygen atoms in total. The Morgan fingerprint density at radius 3 is 2.38 bits per heavy atom. The van der Waals surface area contributed by atoms with E-state index in [2.05, 4.69) is 5.32 Å². The molecule has 0 bridgehead atoms. The van der Waals surface area contributed by atoms with Crippen LogP contribution in [0.15, 0.2) is 30.4 Å². The van der Waals surface area contributed by atoms with Crippen LogP contribution >= 0.6 is 0 Å². The molecule has 5 heteroatoms. The summed E-state index contributed by atoms with van der Waals surface area (Å²) >= 11 is 0. The number of carbonyl (C=O) groups is 3. The summed E-state index contributed by atoms with van der Waals surface area (Å²) in [6, 6.07) is 5.85. The second kappa shape index (κ2) is 6.59. The van der Waals surface area contributed by atoms with Crippen molar-refractivity contribution in [3.05, 3.63) is 41.5 Å². The molecule has 1 N–H and O–H groups in total. The number of amides is 3. The summed E-state index contributed by atoms with van der Waals surface area (Å²) in [5, 5.41) is 2.88. The normalized spacial score (nSPS) is 22.7. The predicted octanol–water partition coefficient (Wildman–Crippen LogP) is 2.45. The predicted molar refractivity (Wildman–Crippen MR) is 91.3 cm³/mol. The molecule has 3 amide bonds. The molecule has 0 radical (unpaired) electrons. The molecule has 1 aliphatic carbocycles. The zero-order valence-corrected chi connectivity index (χ0v) is 14.0. The molecule has 0 spiro atoms. The first-order valence-electron chi connectivity index (χ1n) is 8.41. The van der Waals surface area contributed by atoms with Crippen molar-refractivity contribution >= 4 is 23.4 Å². The number of anilines is 1. The molecule has 0 unspecified atom stereocenters. The molecule has 3 rings (SSSR count). The number of carbonyl (C=O) groups excluding carboxylic acids is 3. The molecule has 0 saturated carbocycles. The number of fused-ring (bicyclic) bond motifs is 1. The minimum atomic E-state index is -0.327. The van der Waals surface area contributed by atoms with Crippen LogP contribution in [0.2, 0.25) is 0 Å². The van der Waals surface area contributed by atoms with Gasteiger partial charge in [-0.1, -0.05) is 37.3 Å². The number of benzene rings is 1. The summed E-state index contributed by atoms with van der Waals surface area (Å²) in [7, 11) is 0. The smallest absolute Gasteiger partial charge is 0.244 e. The Kier molecular flexibility index (Phi) is 4.51. The van der Waals surface area contributed by atoms with E-state index in [0.717, 1.165) is 28.1 Å². The number of rotatable bonds is 4. The summed E-state index contributed by atoms with van der Waals surface area (Å²) in [5.41, 5.74) is 2.79. The molecule has 1 heterocycles. The van der Waals surface area contributed by atoms with E-state index >= 15 is 0 Å². The van der Waals surface area contributed by atoms with E-state index in [9.17, 15) is 14.4 Å². The van der Waals surface area contributed by atoms with Crippen LogP contribution < -0.4 is 5.32 Å². The number of likely N-dealkylation sites (tertiary alicyclic amines) is 1. The monoisotopic (exact) mass is 326 g/mol. The maximum absolute atomic E-state index is 12.4. The third-order valence-electron chi connectivity index (χ3n) is 4.90. The van der Waals surface area contributed by atoms with Crippen molar-refractivity contribution in [1.82, 2.24) is 4.90 Å². The average molecular weight is 326 g/mol. The van der Waals surface area contributed by atoms with Crippen LogP contribution in [-0.4, -0.2) is 29.2 Å². The lowest BCUT2D eigenvalue weighted by Gasteiger charge is -2.17. The number of hydrogen-bond donors (Lipinski definition) is 1. The Bertz CT molecular complexity index is 697. The molecular weight excluding hydrogens is 304 g/mol. The fourth-order valence-corrected chi connectivity index (χ4v) is 3.55. The van der Waals surface area contributed by atoms with Gasteiger partial charge in [-0.05, 0) is 37.3 Å². The van der Waals surface area contributed by atoms with Gasteiger partial charge in [-0.15, -0.1) is 0 Å². The fourth-order valence-electron chi connectivity index (χ4n) is 3.55. The van der Waals surface area contributed by atoms with E-state index in [1.807, 2.05) is 44.2 Å². The van der Waals surface area contributed by atoms with Crippen molar-refractivity contribution in [1.29, 1.82) is 0 Å². The SMILES string of the molecule is CCc1cccc(C)c1NC(=O)CN1C(=O)[C@@H]2CC=CC[C@H]2C1=O. The first kappa shape index (κ1) is 16.4. The van der Waals surface area contributed by atoms with Gasteiger partial charge >= 0.3 is 0 Å². The van der Waals surface area contributed by atoms with Crippen molar-refractivity contribution in [3.63, 3.8) is 0 Å². The van der Waals surface area contributed by atoms with Crippen LogP contribution in [0.25, 0.3) is 0 Å². The zero-order valence-electron chi connectivity index (χ0n) is 14.0. The molecule has 1 saturated heterocycles. The second-order valence-electron chi connectivity index (χ2n) is 6.43. The minimum absolute atomic E-state index is 0.206. The molecule has 126 valence electrons. The fraction of sp³-hybridized carbons (Fsp3) is 0.421. The summed E-state index contributed by atoms with van der Waals surface area (Å²) < 4.78 is 0. The number of para-hydroxylation sites is 1. The molecule has 2 atom stereocenters. The molecule has 2 aliphatic rings. The van der Waals surface area contributed by atoms with Gasteiger partial charge in [-0.25, -0.2) is 0 Å². The van der Waals surface area contributed by atoms with E-state index in [4.69, 9.17) is 0 Å². The van der Waals surface area contributed by atoms with Gasteiger partial charge in [0.25, 0.3) is 0 Å². The van der Waals surface area contributed by atoms with E-state index in [-0.39, 0.29) is 36.1 Å². The lowest BCUT2D eigenvalue weighted by atomic mass is 9.85. The van der Waals surface area contributed by atoms with Crippen molar-refractivity contribution in [2.75, 3.05) is 11.9 Å². The topological polar surface area (TPSA) is 66.5 Å². The molecule has 1 aromatic carbocycles. The number of nitrogens with one attached hydrogen (secondary N) is 1. The second-order valence-corrected chi connectivity index (χ2v) is 6.43. The third-order valence-corrected chi connectivity index (χ3v) is 4.90. The first-order valence-corrected chi connectivity index (χ1v) is 8.41. The first-order chi connectivity index (χ1) is 11.5. The van der Waals surface area contributed by atoms with Crippen molar-refractivity contribution < 1.29 is 14.4 Å². The van der Waals surface area contributed by atoms with Gasteiger partial charge in [-0.2, -0.15) is 0 Å². The van der Waals surface area contributed by atoms with Crippen LogP contribution in [-0.2, 0) is 20.8 Å². The van der Waals surface area contributed by atoms with E-state index in [1.54, 1.807) is 0 Å². The van der Waals surface area contributed by atoms with Crippen molar-refractivity contribution in [3.8, 4) is 0 Å². The number of nitrogens with zero attached hydrogens (tertiary/aromatic N) is 1. The van der Waals surface area contributed by atoms with Gasteiger partial charge in [0.15, 0.2) is 0 Å². The third kappa shape index (κ3) is 2.86. The summed E-state index contributed by atoms with van der Waals surface area (Å²) in [4.78, 5) is 38.4. The maximum atomic E-state index is 12.4. The standard InChI is InChI=1S/C19H22N2O3/c1-3-13-8-6-7-12(2)17(13)20-16(22)11-21-18(23)14-9-4-5-10-15(14)19(21)24/h4-8,14-15H,3,9-11H2,1-2H3,(H,20,22)/t14-,15-/m1/s1. The lowest BCUT2D eigenvalue weighted by Crippen LogP contribution is -2.38. The largest absolute Gasteiger partial charge is 0.324 e. The molecule has 1 aromatic rings. The lowest BCUT2D eigenvalue weighted by molar-refractivity contribution is -0.142. The average Bonchev–Trinajstić information content (AvgIpc) is 2.82. The number of imide groups is 1. The molecule has 1 fully saturated rings. The van der Waals surface area contributed by atoms with E-state index in [1.165, 1.54) is 0 Å². The van der Waals surface area contributed by atoms with Crippen molar-refractivity contribution in [2.45, 2.75) is 33.1 Å². The maximum Gasteiger partial charge on any atom is 0.244 e. The van der Waals surface area contributed by atoms with Gasteiger partial charge in [0.2, 0.25) is 17.7 Å². The molecular formula is C19H22N2O3. The van der Waals surface area contributed by atoms with Gasteiger partial charge in [0, 0.05) is 5.69 Å². The van der Waals surface area contributed by atoms with E-state index < -0.39 is 0 Å². The van der Waals surface area contributed by atoms with Crippen LogP contribution in [0.5, 0.6) is 0 Å². The van der Waals surface area contributed by atoms with E-state index in [0.29, 0.717) is 12.8 Å². The van der Waals surface area contributed by atoms with Gasteiger partial charge in [0.1, 0.15) is 6.54 Å². The van der Waals surface area contributed by atoms with Crippen LogP contribution in [0.1, 0.15) is 30.9 Å². The summed E-state index contributed by atoms with van der Waals surface area (Å²) in [6.07, 6.45) is 5.86. The van der Waals surface area contributed by atoms with Gasteiger partial charge in [-0.3, -0.25) is 19.3 Å². The van der Waals surface area contributed by atoms with Crippen LogP contribution in [0.3, 0.4) is 0 Å². The van der Waals surface area contributed by atoms with Crippen LogP contribution in [0, 0.1) is 18.8 Å². The summed E-state index contributed by atoms with van der Waals surface area (Å²) in [6.45, 7) is 3.75.